The summed E-state index contributed by atoms with van der Waals surface area (Å²) in [5, 5.41) is 4.08. The number of methoxy groups -OCH3 is 1. The molecule has 0 fully saturated rings. The van der Waals surface area contributed by atoms with Crippen LogP contribution in [0.3, 0.4) is 0 Å². The zero-order valence-corrected chi connectivity index (χ0v) is 15.7. The summed E-state index contributed by atoms with van der Waals surface area (Å²) in [4.78, 5) is 37.7. The lowest BCUT2D eigenvalue weighted by atomic mass is 10.3. The fourth-order valence-corrected chi connectivity index (χ4v) is 3.61. The third-order valence-electron chi connectivity index (χ3n) is 4.07. The van der Waals surface area contributed by atoms with Gasteiger partial charge in [0.15, 0.2) is 11.6 Å². The Bertz CT molecular complexity index is 1140. The lowest BCUT2D eigenvalue weighted by molar-refractivity contribution is -0.116. The summed E-state index contributed by atoms with van der Waals surface area (Å²) in [7, 11) is 1.52. The van der Waals surface area contributed by atoms with Gasteiger partial charge in [0.1, 0.15) is 11.2 Å². The highest BCUT2D eigenvalue weighted by molar-refractivity contribution is 7.17. The monoisotopic (exact) mass is 409 g/mol. The van der Waals surface area contributed by atoms with Gasteiger partial charge in [0.25, 0.3) is 5.56 Å². The molecule has 2 aromatic heterocycles. The van der Waals surface area contributed by atoms with E-state index in [1.165, 1.54) is 29.1 Å². The van der Waals surface area contributed by atoms with Crippen LogP contribution in [-0.4, -0.2) is 28.8 Å². The highest BCUT2D eigenvalue weighted by atomic mass is 32.1. The highest BCUT2D eigenvalue weighted by Gasteiger charge is 2.16. The van der Waals surface area contributed by atoms with Gasteiger partial charge in [-0.15, -0.1) is 11.3 Å². The smallest absolute Gasteiger partial charge is 0.332 e. The van der Waals surface area contributed by atoms with Crippen LogP contribution in [-0.2, 0) is 22.6 Å². The molecule has 7 nitrogen and oxygen atoms in total. The number of ether oxygens (including phenoxy) is 1. The number of thiophene rings is 1. The Labute approximate surface area is 161 Å². The number of rotatable bonds is 7. The van der Waals surface area contributed by atoms with Crippen molar-refractivity contribution in [3.05, 3.63) is 62.1 Å². The first kappa shape index (κ1) is 19.9. The zero-order chi connectivity index (χ0) is 20.3. The summed E-state index contributed by atoms with van der Waals surface area (Å²) in [6.07, 6.45) is 0.462. The molecule has 148 valence electrons. The van der Waals surface area contributed by atoms with Crippen LogP contribution in [0.2, 0.25) is 0 Å². The molecule has 2 heterocycles. The molecule has 10 heteroatoms. The molecule has 0 bridgehead atoms. The van der Waals surface area contributed by atoms with Crippen molar-refractivity contribution in [2.75, 3.05) is 19.0 Å². The third kappa shape index (κ3) is 4.02. The van der Waals surface area contributed by atoms with Crippen molar-refractivity contribution in [1.29, 1.82) is 0 Å². The lowest BCUT2D eigenvalue weighted by Crippen LogP contribution is -2.41. The van der Waals surface area contributed by atoms with Crippen LogP contribution < -0.4 is 16.6 Å². The van der Waals surface area contributed by atoms with Crippen molar-refractivity contribution in [3.63, 3.8) is 0 Å². The standard InChI is InChI=1S/C18H17F2N3O4S/c1-27-7-2-6-22-17(25)16-14(5-8-28-16)23(18(22)26)10-15(24)21-11-3-4-12(19)13(20)9-11/h3-5,8-9H,2,6-7,10H2,1H3,(H,21,24). The van der Waals surface area contributed by atoms with E-state index in [0.717, 1.165) is 16.7 Å². The van der Waals surface area contributed by atoms with E-state index < -0.39 is 28.8 Å². The maximum Gasteiger partial charge on any atom is 0.332 e. The molecule has 3 aromatic rings. The molecule has 0 aliphatic carbocycles. The Hall–Kier alpha value is -2.85. The average molecular weight is 409 g/mol. The van der Waals surface area contributed by atoms with E-state index in [-0.39, 0.29) is 18.8 Å². The average Bonchev–Trinajstić information content (AvgIpc) is 3.14. The fraction of sp³-hybridized carbons (Fsp3) is 0.278. The van der Waals surface area contributed by atoms with Crippen LogP contribution in [0.15, 0.2) is 39.2 Å². The molecule has 1 aromatic carbocycles. The Morgan fingerprint density at radius 3 is 2.68 bits per heavy atom. The first-order chi connectivity index (χ1) is 13.4. The minimum Gasteiger partial charge on any atom is -0.385 e. The molecule has 0 atom stereocenters. The molecule has 28 heavy (non-hydrogen) atoms. The SMILES string of the molecule is COCCCn1c(=O)c2sccc2n(CC(=O)Nc2ccc(F)c(F)c2)c1=O. The number of hydrogen-bond acceptors (Lipinski definition) is 5. The van der Waals surface area contributed by atoms with E-state index in [1.54, 1.807) is 11.4 Å². The lowest BCUT2D eigenvalue weighted by Gasteiger charge is -2.12. The number of aromatic nitrogens is 2. The Kier molecular flexibility index (Phi) is 6.00. The summed E-state index contributed by atoms with van der Waals surface area (Å²) in [6, 6.07) is 4.55. The van der Waals surface area contributed by atoms with Crippen LogP contribution in [0.1, 0.15) is 6.42 Å². The summed E-state index contributed by atoms with van der Waals surface area (Å²) >= 11 is 1.18. The molecule has 0 unspecified atom stereocenters. The van der Waals surface area contributed by atoms with E-state index in [2.05, 4.69) is 5.32 Å². The third-order valence-corrected chi connectivity index (χ3v) is 4.96. The molecular weight excluding hydrogens is 392 g/mol. The number of benzene rings is 1. The van der Waals surface area contributed by atoms with Crippen molar-refractivity contribution >= 4 is 33.1 Å². The summed E-state index contributed by atoms with van der Waals surface area (Å²) in [6.45, 7) is 0.157. The number of carbonyl (C=O) groups is 1. The number of carbonyl (C=O) groups excluding carboxylic acids is 1. The van der Waals surface area contributed by atoms with Gasteiger partial charge in [0.2, 0.25) is 5.91 Å². The molecule has 1 N–H and O–H groups in total. The molecule has 0 aliphatic rings. The largest absolute Gasteiger partial charge is 0.385 e. The number of nitrogens with one attached hydrogen (secondary N) is 1. The summed E-state index contributed by atoms with van der Waals surface area (Å²) in [5.74, 6) is -2.73. The summed E-state index contributed by atoms with van der Waals surface area (Å²) < 4.78 is 33.9. The number of halogens is 2. The predicted molar refractivity (Wildman–Crippen MR) is 102 cm³/mol. The van der Waals surface area contributed by atoms with E-state index in [1.807, 2.05) is 0 Å². The van der Waals surface area contributed by atoms with Gasteiger partial charge in [-0.25, -0.2) is 13.6 Å². The molecule has 0 saturated heterocycles. The molecule has 1 amide bonds. The second-order valence-corrected chi connectivity index (χ2v) is 6.90. The van der Waals surface area contributed by atoms with E-state index in [4.69, 9.17) is 4.74 Å². The second-order valence-electron chi connectivity index (χ2n) is 5.98. The van der Waals surface area contributed by atoms with Crippen LogP contribution in [0, 0.1) is 11.6 Å². The van der Waals surface area contributed by atoms with E-state index in [0.29, 0.717) is 23.2 Å². The minimum absolute atomic E-state index is 0.0620. The molecule has 0 spiro atoms. The van der Waals surface area contributed by atoms with Gasteiger partial charge in [0.05, 0.1) is 5.52 Å². The molecular formula is C18H17F2N3O4S. The van der Waals surface area contributed by atoms with Gasteiger partial charge >= 0.3 is 5.69 Å². The fourth-order valence-electron chi connectivity index (χ4n) is 2.77. The van der Waals surface area contributed by atoms with Crippen molar-refractivity contribution in [3.8, 4) is 0 Å². The Balaban J connectivity index is 1.92. The van der Waals surface area contributed by atoms with Crippen molar-refractivity contribution in [2.24, 2.45) is 0 Å². The predicted octanol–water partition coefficient (Wildman–Crippen LogP) is 2.18. The number of nitrogens with zero attached hydrogens (tertiary/aromatic N) is 2. The van der Waals surface area contributed by atoms with Crippen LogP contribution in [0.5, 0.6) is 0 Å². The quantitative estimate of drug-likeness (QED) is 0.607. The van der Waals surface area contributed by atoms with E-state index >= 15 is 0 Å². The number of anilines is 1. The minimum atomic E-state index is -1.10. The first-order valence-electron chi connectivity index (χ1n) is 8.37. The van der Waals surface area contributed by atoms with Gasteiger partial charge in [-0.05, 0) is 30.0 Å². The van der Waals surface area contributed by atoms with Crippen molar-refractivity contribution < 1.29 is 18.3 Å². The highest BCUT2D eigenvalue weighted by Crippen LogP contribution is 2.16. The maximum absolute atomic E-state index is 13.3. The summed E-state index contributed by atoms with van der Waals surface area (Å²) in [5.41, 5.74) is -0.619. The molecule has 0 aliphatic heterocycles. The van der Waals surface area contributed by atoms with Gasteiger partial charge < -0.3 is 10.1 Å². The van der Waals surface area contributed by atoms with Gasteiger partial charge in [0, 0.05) is 32.0 Å². The van der Waals surface area contributed by atoms with Crippen molar-refractivity contribution in [1.82, 2.24) is 9.13 Å². The molecule has 3 rings (SSSR count). The van der Waals surface area contributed by atoms with Gasteiger partial charge in [-0.1, -0.05) is 0 Å². The Morgan fingerprint density at radius 2 is 1.96 bits per heavy atom. The number of fused-ring (bicyclic) bond motifs is 1. The van der Waals surface area contributed by atoms with Crippen LogP contribution in [0.4, 0.5) is 14.5 Å². The van der Waals surface area contributed by atoms with Crippen molar-refractivity contribution in [2.45, 2.75) is 19.5 Å². The zero-order valence-electron chi connectivity index (χ0n) is 14.9. The molecule has 0 saturated carbocycles. The van der Waals surface area contributed by atoms with E-state index in [9.17, 15) is 23.2 Å². The van der Waals surface area contributed by atoms with Gasteiger partial charge in [-0.3, -0.25) is 18.7 Å². The Morgan fingerprint density at radius 1 is 1.18 bits per heavy atom. The number of hydrogen-bond donors (Lipinski definition) is 1. The normalized spacial score (nSPS) is 11.1. The van der Waals surface area contributed by atoms with Gasteiger partial charge in [-0.2, -0.15) is 0 Å². The maximum atomic E-state index is 13.3. The number of amides is 1. The second kappa shape index (κ2) is 8.44. The first-order valence-corrected chi connectivity index (χ1v) is 9.25. The molecule has 0 radical (unpaired) electrons. The van der Waals surface area contributed by atoms with Crippen LogP contribution >= 0.6 is 11.3 Å². The van der Waals surface area contributed by atoms with Crippen LogP contribution in [0.25, 0.3) is 10.2 Å². The topological polar surface area (TPSA) is 82.3 Å².